The van der Waals surface area contributed by atoms with Crippen molar-refractivity contribution in [3.05, 3.63) is 34.1 Å². The molecule has 1 aliphatic carbocycles. The second-order valence-electron chi connectivity index (χ2n) is 6.28. The van der Waals surface area contributed by atoms with E-state index in [1.54, 1.807) is 6.07 Å². The van der Waals surface area contributed by atoms with Crippen LogP contribution in [0.25, 0.3) is 0 Å². The van der Waals surface area contributed by atoms with Crippen molar-refractivity contribution in [2.75, 3.05) is 6.67 Å². The smallest absolute Gasteiger partial charge is 0.320 e. The fourth-order valence-electron chi connectivity index (χ4n) is 3.58. The maximum atomic E-state index is 14.4. The van der Waals surface area contributed by atoms with Crippen molar-refractivity contribution in [1.82, 2.24) is 0 Å². The van der Waals surface area contributed by atoms with Crippen molar-refractivity contribution >= 4 is 38.8 Å². The van der Waals surface area contributed by atoms with Crippen molar-refractivity contribution in [3.8, 4) is 6.07 Å². The molecule has 1 fully saturated rings. The van der Waals surface area contributed by atoms with Crippen LogP contribution >= 0.6 is 27.7 Å². The number of alkyl halides is 1. The van der Waals surface area contributed by atoms with Crippen LogP contribution in [-0.4, -0.2) is 27.7 Å². The zero-order valence-electron chi connectivity index (χ0n) is 12.9. The molecule has 9 heteroatoms. The van der Waals surface area contributed by atoms with Gasteiger partial charge in [0.15, 0.2) is 5.17 Å². The van der Waals surface area contributed by atoms with Crippen LogP contribution in [0.1, 0.15) is 18.4 Å². The highest BCUT2D eigenvalue weighted by atomic mass is 79.9. The number of nitrogens with zero attached hydrogens (tertiary/aromatic N) is 2. The Bertz CT molecular complexity index is 815. The van der Waals surface area contributed by atoms with Crippen molar-refractivity contribution in [3.63, 3.8) is 0 Å². The SMILES string of the molecule is N#CC(C[C@]12C[C@H]1[C@@](CF)(c1cc(Br)ccc1F)N=C(N)S2)C(=O)O. The minimum absolute atomic E-state index is 0.0156. The number of nitriles is 1. The molecule has 1 aliphatic heterocycles. The van der Waals surface area contributed by atoms with Crippen LogP contribution in [0.2, 0.25) is 0 Å². The van der Waals surface area contributed by atoms with E-state index in [0.717, 1.165) is 11.8 Å². The van der Waals surface area contributed by atoms with E-state index in [9.17, 15) is 13.6 Å². The van der Waals surface area contributed by atoms with Gasteiger partial charge in [0.1, 0.15) is 23.9 Å². The summed E-state index contributed by atoms with van der Waals surface area (Å²) in [6, 6.07) is 5.96. The molecule has 5 nitrogen and oxygen atoms in total. The number of benzene rings is 1. The van der Waals surface area contributed by atoms with E-state index >= 15 is 0 Å². The lowest BCUT2D eigenvalue weighted by molar-refractivity contribution is -0.140. The zero-order valence-corrected chi connectivity index (χ0v) is 15.3. The number of halogens is 3. The molecule has 25 heavy (non-hydrogen) atoms. The lowest BCUT2D eigenvalue weighted by atomic mass is 9.84. The Morgan fingerprint density at radius 1 is 1.64 bits per heavy atom. The second kappa shape index (κ2) is 6.25. The Hall–Kier alpha value is -1.66. The lowest BCUT2D eigenvalue weighted by Crippen LogP contribution is -2.41. The van der Waals surface area contributed by atoms with E-state index in [-0.39, 0.29) is 17.2 Å². The first-order chi connectivity index (χ1) is 11.8. The summed E-state index contributed by atoms with van der Waals surface area (Å²) in [5, 5.41) is 18.3. The third kappa shape index (κ3) is 2.91. The van der Waals surface area contributed by atoms with Gasteiger partial charge in [0.05, 0.1) is 6.07 Å². The van der Waals surface area contributed by atoms with Crippen LogP contribution in [0.4, 0.5) is 8.78 Å². The van der Waals surface area contributed by atoms with Crippen molar-refractivity contribution < 1.29 is 18.7 Å². The third-order valence-electron chi connectivity index (χ3n) is 4.82. The molecule has 1 aromatic rings. The van der Waals surface area contributed by atoms with E-state index in [4.69, 9.17) is 16.1 Å². The average molecular weight is 430 g/mol. The monoisotopic (exact) mass is 429 g/mol. The van der Waals surface area contributed by atoms with Gasteiger partial charge >= 0.3 is 5.97 Å². The molecule has 1 heterocycles. The number of carboxylic acid groups (broad SMARTS) is 1. The number of aliphatic carboxylic acids is 1. The van der Waals surface area contributed by atoms with Gasteiger partial charge in [-0.15, -0.1) is 0 Å². The Kier molecular flexibility index (Phi) is 4.54. The quantitative estimate of drug-likeness (QED) is 0.748. The van der Waals surface area contributed by atoms with Crippen LogP contribution in [0, 0.1) is 29.0 Å². The largest absolute Gasteiger partial charge is 0.480 e. The van der Waals surface area contributed by atoms with Crippen molar-refractivity contribution in [1.29, 1.82) is 5.26 Å². The fourth-order valence-corrected chi connectivity index (χ4v) is 5.41. The summed E-state index contributed by atoms with van der Waals surface area (Å²) in [5.41, 5.74) is 4.48. The summed E-state index contributed by atoms with van der Waals surface area (Å²) in [6.45, 7) is -0.960. The number of hydrogen-bond donors (Lipinski definition) is 2. The average Bonchev–Trinajstić information content (AvgIpc) is 3.28. The summed E-state index contributed by atoms with van der Waals surface area (Å²) < 4.78 is 28.5. The standard InChI is InChI=1S/C16H14BrF2N3O2S/c17-9-1-2-11(19)10(3-9)16(7-18)12-5-15(12,25-14(21)22-16)4-8(6-20)13(23)24/h1-3,8,12H,4-5,7H2,(H2,21,22)(H,23,24)/t8?,12-,15+,16-/m1/s1. The highest BCUT2D eigenvalue weighted by molar-refractivity contribution is 9.10. The number of carboxylic acids is 1. The first-order valence-electron chi connectivity index (χ1n) is 7.46. The molecule has 2 aliphatic rings. The minimum Gasteiger partial charge on any atom is -0.480 e. The Balaban J connectivity index is 2.05. The van der Waals surface area contributed by atoms with E-state index < -0.39 is 40.6 Å². The van der Waals surface area contributed by atoms with Crippen LogP contribution in [0.5, 0.6) is 0 Å². The highest BCUT2D eigenvalue weighted by Crippen LogP contribution is 2.68. The summed E-state index contributed by atoms with van der Waals surface area (Å²) >= 11 is 4.41. The lowest BCUT2D eigenvalue weighted by Gasteiger charge is -2.35. The number of fused-ring (bicyclic) bond motifs is 1. The molecule has 0 amide bonds. The molecule has 1 unspecified atom stereocenters. The maximum Gasteiger partial charge on any atom is 0.320 e. The summed E-state index contributed by atoms with van der Waals surface area (Å²) in [7, 11) is 0. The molecule has 1 saturated carbocycles. The van der Waals surface area contributed by atoms with E-state index in [1.165, 1.54) is 18.2 Å². The van der Waals surface area contributed by atoms with Crippen molar-refractivity contribution in [2.45, 2.75) is 23.1 Å². The molecule has 3 N–H and O–H groups in total. The number of amidine groups is 1. The molecule has 0 radical (unpaired) electrons. The summed E-state index contributed by atoms with van der Waals surface area (Å²) in [4.78, 5) is 15.5. The van der Waals surface area contributed by atoms with Gasteiger partial charge < -0.3 is 10.8 Å². The molecule has 3 rings (SSSR count). The van der Waals surface area contributed by atoms with Gasteiger partial charge in [0, 0.05) is 20.7 Å². The molecule has 0 saturated heterocycles. The topological polar surface area (TPSA) is 99.5 Å². The Morgan fingerprint density at radius 3 is 2.96 bits per heavy atom. The van der Waals surface area contributed by atoms with Gasteiger partial charge in [-0.3, -0.25) is 4.79 Å². The van der Waals surface area contributed by atoms with Crippen molar-refractivity contribution in [2.24, 2.45) is 22.6 Å². The Labute approximate surface area is 155 Å². The molecular formula is C16H14BrF2N3O2S. The minimum atomic E-state index is -1.50. The number of thioether (sulfide) groups is 1. The first-order valence-corrected chi connectivity index (χ1v) is 9.07. The van der Waals surface area contributed by atoms with E-state index in [0.29, 0.717) is 10.9 Å². The molecule has 1 aromatic carbocycles. The van der Waals surface area contributed by atoms with Crippen LogP contribution in [-0.2, 0) is 10.3 Å². The number of rotatable bonds is 5. The third-order valence-corrected chi connectivity index (χ3v) is 6.64. The van der Waals surface area contributed by atoms with Gasteiger partial charge in [-0.1, -0.05) is 27.7 Å². The maximum absolute atomic E-state index is 14.4. The highest BCUT2D eigenvalue weighted by Gasteiger charge is 2.68. The number of hydrogen-bond acceptors (Lipinski definition) is 5. The molecule has 4 atom stereocenters. The predicted octanol–water partition coefficient (Wildman–Crippen LogP) is 3.19. The molecule has 0 spiro atoms. The second-order valence-corrected chi connectivity index (χ2v) is 8.63. The van der Waals surface area contributed by atoms with Gasteiger partial charge in [-0.25, -0.2) is 13.8 Å². The van der Waals surface area contributed by atoms with Gasteiger partial charge in [-0.2, -0.15) is 5.26 Å². The van der Waals surface area contributed by atoms with E-state index in [2.05, 4.69) is 20.9 Å². The Morgan fingerprint density at radius 2 is 2.36 bits per heavy atom. The molecule has 132 valence electrons. The predicted molar refractivity (Wildman–Crippen MR) is 93.2 cm³/mol. The van der Waals surface area contributed by atoms with Gasteiger partial charge in [0.25, 0.3) is 0 Å². The summed E-state index contributed by atoms with van der Waals surface area (Å²) in [6.07, 6.45) is 0.435. The van der Waals surface area contributed by atoms with E-state index in [1.807, 2.05) is 0 Å². The molecule has 0 bridgehead atoms. The fraction of sp³-hybridized carbons (Fsp3) is 0.438. The zero-order chi connectivity index (χ0) is 18.4. The summed E-state index contributed by atoms with van der Waals surface area (Å²) in [5.74, 6) is -3.49. The molecular weight excluding hydrogens is 416 g/mol. The first kappa shape index (κ1) is 18.1. The van der Waals surface area contributed by atoms with Crippen LogP contribution in [0.3, 0.4) is 0 Å². The number of nitrogens with two attached hydrogens (primary N) is 1. The number of carbonyl (C=O) groups is 1. The van der Waals surface area contributed by atoms with Gasteiger partial charge in [0.2, 0.25) is 0 Å². The normalized spacial score (nSPS) is 31.4. The number of aliphatic imine (C=N–C) groups is 1. The molecule has 0 aromatic heterocycles. The van der Waals surface area contributed by atoms with Crippen LogP contribution in [0.15, 0.2) is 27.7 Å². The van der Waals surface area contributed by atoms with Crippen LogP contribution < -0.4 is 5.73 Å². The van der Waals surface area contributed by atoms with Gasteiger partial charge in [-0.05, 0) is 31.0 Å².